The number of carboxylic acids is 1. The molecule has 0 fully saturated rings. The molecule has 1 aromatic carbocycles. The molecule has 3 N–H and O–H groups in total. The van der Waals surface area contributed by atoms with Crippen molar-refractivity contribution in [2.45, 2.75) is 19.8 Å². The van der Waals surface area contributed by atoms with E-state index in [4.69, 9.17) is 10.8 Å². The normalized spacial score (nSPS) is 9.92. The van der Waals surface area contributed by atoms with Gasteiger partial charge in [-0.25, -0.2) is 4.79 Å². The summed E-state index contributed by atoms with van der Waals surface area (Å²) in [6, 6.07) is 4.96. The quantitative estimate of drug-likeness (QED) is 0.697. The molecule has 3 nitrogen and oxygen atoms in total. The first-order valence-electron chi connectivity index (χ1n) is 4.26. The molecule has 1 rings (SSSR count). The van der Waals surface area contributed by atoms with Gasteiger partial charge in [0.2, 0.25) is 0 Å². The van der Waals surface area contributed by atoms with Crippen LogP contribution in [0.25, 0.3) is 0 Å². The van der Waals surface area contributed by atoms with E-state index >= 15 is 0 Å². The van der Waals surface area contributed by atoms with E-state index < -0.39 is 5.97 Å². The van der Waals surface area contributed by atoms with Crippen LogP contribution < -0.4 is 5.73 Å². The second kappa shape index (κ2) is 3.94. The van der Waals surface area contributed by atoms with Gasteiger partial charge in [-0.15, -0.1) is 0 Å². The van der Waals surface area contributed by atoms with Crippen molar-refractivity contribution in [1.82, 2.24) is 0 Å². The average Bonchev–Trinajstić information content (AvgIpc) is 2.03. The molecule has 13 heavy (non-hydrogen) atoms. The molecule has 0 aliphatic heterocycles. The van der Waals surface area contributed by atoms with Crippen LogP contribution in [-0.4, -0.2) is 11.1 Å². The number of rotatable bonds is 3. The lowest BCUT2D eigenvalue weighted by atomic mass is 10.1. The smallest absolute Gasteiger partial charge is 0.335 e. The maximum Gasteiger partial charge on any atom is 0.335 e. The van der Waals surface area contributed by atoms with Crippen LogP contribution in [0, 0.1) is 0 Å². The highest BCUT2D eigenvalue weighted by molar-refractivity contribution is 5.89. The van der Waals surface area contributed by atoms with Gasteiger partial charge in [0.25, 0.3) is 0 Å². The molecule has 0 aliphatic carbocycles. The first-order valence-corrected chi connectivity index (χ1v) is 4.26. The Kier molecular flexibility index (Phi) is 2.90. The molecule has 0 amide bonds. The summed E-state index contributed by atoms with van der Waals surface area (Å²) in [5, 5.41) is 8.75. The van der Waals surface area contributed by atoms with E-state index in [1.807, 2.05) is 13.0 Å². The van der Waals surface area contributed by atoms with Gasteiger partial charge in [0.05, 0.1) is 5.56 Å². The Morgan fingerprint density at radius 1 is 1.46 bits per heavy atom. The number of aryl methyl sites for hydroxylation is 1. The minimum atomic E-state index is -0.926. The van der Waals surface area contributed by atoms with E-state index in [2.05, 4.69) is 0 Å². The molecule has 70 valence electrons. The van der Waals surface area contributed by atoms with Crippen molar-refractivity contribution in [1.29, 1.82) is 0 Å². The summed E-state index contributed by atoms with van der Waals surface area (Å²) in [7, 11) is 0. The predicted molar refractivity (Wildman–Crippen MR) is 51.8 cm³/mol. The van der Waals surface area contributed by atoms with E-state index in [1.54, 1.807) is 6.07 Å². The maximum absolute atomic E-state index is 10.7. The standard InChI is InChI=1S/C10H13NO2/c1-2-3-7-4-8(10(12)13)6-9(11)5-7/h4-6H,2-3,11H2,1H3,(H,12,13). The third-order valence-corrected chi connectivity index (χ3v) is 1.80. The SMILES string of the molecule is CCCc1cc(N)cc(C(=O)O)c1. The molecule has 0 spiro atoms. The Morgan fingerprint density at radius 2 is 2.15 bits per heavy atom. The number of aromatic carboxylic acids is 1. The van der Waals surface area contributed by atoms with Crippen LogP contribution in [0.2, 0.25) is 0 Å². The largest absolute Gasteiger partial charge is 0.478 e. The topological polar surface area (TPSA) is 63.3 Å². The zero-order chi connectivity index (χ0) is 9.84. The molecule has 0 unspecified atom stereocenters. The number of hydrogen-bond donors (Lipinski definition) is 2. The molecule has 0 aromatic heterocycles. The first-order chi connectivity index (χ1) is 6.13. The van der Waals surface area contributed by atoms with Gasteiger partial charge in [-0.2, -0.15) is 0 Å². The number of nitrogen functional groups attached to an aromatic ring is 1. The summed E-state index contributed by atoms with van der Waals surface area (Å²) in [6.45, 7) is 2.05. The molecule has 0 atom stereocenters. The zero-order valence-electron chi connectivity index (χ0n) is 7.58. The van der Waals surface area contributed by atoms with Crippen molar-refractivity contribution in [3.05, 3.63) is 29.3 Å². The lowest BCUT2D eigenvalue weighted by molar-refractivity contribution is 0.0697. The minimum Gasteiger partial charge on any atom is -0.478 e. The fourth-order valence-corrected chi connectivity index (χ4v) is 1.27. The summed E-state index contributed by atoms with van der Waals surface area (Å²) >= 11 is 0. The highest BCUT2D eigenvalue weighted by Crippen LogP contribution is 2.13. The van der Waals surface area contributed by atoms with E-state index in [-0.39, 0.29) is 5.56 Å². The van der Waals surface area contributed by atoms with Gasteiger partial charge in [0.1, 0.15) is 0 Å². The van der Waals surface area contributed by atoms with Gasteiger partial charge in [-0.3, -0.25) is 0 Å². The fraction of sp³-hybridized carbons (Fsp3) is 0.300. The summed E-state index contributed by atoms with van der Waals surface area (Å²) in [6.07, 6.45) is 1.85. The second-order valence-electron chi connectivity index (χ2n) is 3.02. The van der Waals surface area contributed by atoms with Gasteiger partial charge in [0.15, 0.2) is 0 Å². The van der Waals surface area contributed by atoms with E-state index in [0.29, 0.717) is 5.69 Å². The number of nitrogens with two attached hydrogens (primary N) is 1. The third-order valence-electron chi connectivity index (χ3n) is 1.80. The highest BCUT2D eigenvalue weighted by atomic mass is 16.4. The molecule has 0 bridgehead atoms. The highest BCUT2D eigenvalue weighted by Gasteiger charge is 2.04. The van der Waals surface area contributed by atoms with Gasteiger partial charge in [0, 0.05) is 5.69 Å². The Morgan fingerprint density at radius 3 is 2.69 bits per heavy atom. The summed E-state index contributed by atoms with van der Waals surface area (Å²) in [5.74, 6) is -0.926. The van der Waals surface area contributed by atoms with E-state index in [9.17, 15) is 4.79 Å². The van der Waals surface area contributed by atoms with Crippen molar-refractivity contribution in [3.8, 4) is 0 Å². The van der Waals surface area contributed by atoms with Gasteiger partial charge >= 0.3 is 5.97 Å². The van der Waals surface area contributed by atoms with Crippen LogP contribution in [0.15, 0.2) is 18.2 Å². The lowest BCUT2D eigenvalue weighted by Gasteiger charge is -2.02. The maximum atomic E-state index is 10.7. The molecule has 1 aromatic rings. The van der Waals surface area contributed by atoms with Gasteiger partial charge in [-0.05, 0) is 30.2 Å². The summed E-state index contributed by atoms with van der Waals surface area (Å²) < 4.78 is 0. The predicted octanol–water partition coefficient (Wildman–Crippen LogP) is 1.92. The van der Waals surface area contributed by atoms with Gasteiger partial charge < -0.3 is 10.8 Å². The van der Waals surface area contributed by atoms with Crippen LogP contribution in [0.5, 0.6) is 0 Å². The summed E-state index contributed by atoms with van der Waals surface area (Å²) in [5.41, 5.74) is 7.33. The van der Waals surface area contributed by atoms with Crippen LogP contribution >= 0.6 is 0 Å². The average molecular weight is 179 g/mol. The Balaban J connectivity index is 3.03. The summed E-state index contributed by atoms with van der Waals surface area (Å²) in [4.78, 5) is 10.7. The van der Waals surface area contributed by atoms with Crippen molar-refractivity contribution in [3.63, 3.8) is 0 Å². The van der Waals surface area contributed by atoms with Crippen LogP contribution in [0.3, 0.4) is 0 Å². The Labute approximate surface area is 77.2 Å². The molecular weight excluding hydrogens is 166 g/mol. The van der Waals surface area contributed by atoms with E-state index in [0.717, 1.165) is 18.4 Å². The molecule has 0 heterocycles. The van der Waals surface area contributed by atoms with Crippen LogP contribution in [0.4, 0.5) is 5.69 Å². The third kappa shape index (κ3) is 2.47. The first kappa shape index (κ1) is 9.58. The van der Waals surface area contributed by atoms with Crippen LogP contribution in [-0.2, 0) is 6.42 Å². The molecule has 0 radical (unpaired) electrons. The van der Waals surface area contributed by atoms with Crippen molar-refractivity contribution >= 4 is 11.7 Å². The van der Waals surface area contributed by atoms with Crippen molar-refractivity contribution in [2.24, 2.45) is 0 Å². The molecule has 0 saturated carbocycles. The second-order valence-corrected chi connectivity index (χ2v) is 3.02. The number of benzene rings is 1. The molecule has 3 heteroatoms. The minimum absolute atomic E-state index is 0.267. The Bertz CT molecular complexity index is 321. The monoisotopic (exact) mass is 179 g/mol. The fourth-order valence-electron chi connectivity index (χ4n) is 1.27. The van der Waals surface area contributed by atoms with Crippen molar-refractivity contribution in [2.75, 3.05) is 5.73 Å². The number of anilines is 1. The molecular formula is C10H13NO2. The van der Waals surface area contributed by atoms with E-state index in [1.165, 1.54) is 6.07 Å². The van der Waals surface area contributed by atoms with Crippen molar-refractivity contribution < 1.29 is 9.90 Å². The number of hydrogen-bond acceptors (Lipinski definition) is 2. The van der Waals surface area contributed by atoms with Gasteiger partial charge in [-0.1, -0.05) is 13.3 Å². The van der Waals surface area contributed by atoms with Crippen LogP contribution in [0.1, 0.15) is 29.3 Å². The number of carbonyl (C=O) groups is 1. The lowest BCUT2D eigenvalue weighted by Crippen LogP contribution is -2.00. The Hall–Kier alpha value is -1.51. The molecule has 0 aliphatic rings. The zero-order valence-corrected chi connectivity index (χ0v) is 7.58. The molecule has 0 saturated heterocycles. The number of carboxylic acid groups (broad SMARTS) is 1.